The lowest BCUT2D eigenvalue weighted by atomic mass is 10.0. The lowest BCUT2D eigenvalue weighted by molar-refractivity contribution is -0.136. The van der Waals surface area contributed by atoms with Gasteiger partial charge in [0.2, 0.25) is 0 Å². The maximum atomic E-state index is 13.3. The van der Waals surface area contributed by atoms with Gasteiger partial charge in [0.15, 0.2) is 0 Å². The molecule has 0 unspecified atom stereocenters. The molecular formula is C23H19ClF3N3S. The highest BCUT2D eigenvalue weighted by atomic mass is 35.5. The first kappa shape index (κ1) is 22.9. The standard InChI is InChI=1S/C23H19ClF3N3S/c1-14(2)9-15-3-5-16(6-4-15)21-13-31-22(30-21)17(11-28)12-29-20-8-7-18(24)10-19(20)23(25,26)27/h3-8,10,12-14,29H,9H2,1-2H3/b17-12+. The molecule has 0 bridgehead atoms. The minimum atomic E-state index is -4.58. The third-order valence-corrected chi connectivity index (χ3v) is 5.52. The summed E-state index contributed by atoms with van der Waals surface area (Å²) >= 11 is 6.95. The second kappa shape index (κ2) is 9.54. The second-order valence-corrected chi connectivity index (χ2v) is 8.63. The van der Waals surface area contributed by atoms with Crippen molar-refractivity contribution in [3.8, 4) is 17.3 Å². The molecule has 160 valence electrons. The van der Waals surface area contributed by atoms with Gasteiger partial charge in [0.1, 0.15) is 16.6 Å². The van der Waals surface area contributed by atoms with Gasteiger partial charge in [-0.25, -0.2) is 4.98 Å². The Bertz CT molecular complexity index is 1130. The molecule has 3 aromatic rings. The quantitative estimate of drug-likeness (QED) is 0.383. The predicted molar refractivity (Wildman–Crippen MR) is 120 cm³/mol. The van der Waals surface area contributed by atoms with Crippen LogP contribution in [0.25, 0.3) is 16.8 Å². The molecule has 1 N–H and O–H groups in total. The highest BCUT2D eigenvalue weighted by Crippen LogP contribution is 2.37. The molecule has 0 saturated carbocycles. The Kier molecular flexibility index (Phi) is 7.04. The Morgan fingerprint density at radius 2 is 1.94 bits per heavy atom. The second-order valence-electron chi connectivity index (χ2n) is 7.33. The number of rotatable bonds is 6. The van der Waals surface area contributed by atoms with E-state index in [0.717, 1.165) is 18.1 Å². The molecule has 0 saturated heterocycles. The number of nitrogens with one attached hydrogen (secondary N) is 1. The highest BCUT2D eigenvalue weighted by Gasteiger charge is 2.33. The van der Waals surface area contributed by atoms with Crippen LogP contribution in [0.3, 0.4) is 0 Å². The van der Waals surface area contributed by atoms with Crippen LogP contribution in [0, 0.1) is 17.2 Å². The normalized spacial score (nSPS) is 12.1. The van der Waals surface area contributed by atoms with Gasteiger partial charge in [-0.3, -0.25) is 0 Å². The van der Waals surface area contributed by atoms with E-state index >= 15 is 0 Å². The van der Waals surface area contributed by atoms with Crippen molar-refractivity contribution >= 4 is 34.2 Å². The number of hydrogen-bond acceptors (Lipinski definition) is 4. The Labute approximate surface area is 187 Å². The molecule has 0 aliphatic rings. The van der Waals surface area contributed by atoms with Crippen molar-refractivity contribution in [2.24, 2.45) is 5.92 Å². The zero-order valence-electron chi connectivity index (χ0n) is 16.8. The summed E-state index contributed by atoms with van der Waals surface area (Å²) in [4.78, 5) is 4.48. The van der Waals surface area contributed by atoms with Crippen LogP contribution < -0.4 is 5.32 Å². The van der Waals surface area contributed by atoms with Gasteiger partial charge in [-0.15, -0.1) is 11.3 Å². The van der Waals surface area contributed by atoms with Crippen molar-refractivity contribution < 1.29 is 13.2 Å². The van der Waals surface area contributed by atoms with Gasteiger partial charge in [-0.1, -0.05) is 49.7 Å². The van der Waals surface area contributed by atoms with Crippen molar-refractivity contribution in [2.75, 3.05) is 5.32 Å². The zero-order valence-corrected chi connectivity index (χ0v) is 18.4. The zero-order chi connectivity index (χ0) is 22.6. The van der Waals surface area contributed by atoms with Crippen molar-refractivity contribution in [1.82, 2.24) is 4.98 Å². The van der Waals surface area contributed by atoms with Crippen LogP contribution in [0.2, 0.25) is 5.02 Å². The van der Waals surface area contributed by atoms with E-state index in [2.05, 4.69) is 36.3 Å². The molecule has 0 aliphatic heterocycles. The van der Waals surface area contributed by atoms with Gasteiger partial charge in [0, 0.05) is 22.2 Å². The lowest BCUT2D eigenvalue weighted by Gasteiger charge is -2.13. The molecule has 0 radical (unpaired) electrons. The molecule has 31 heavy (non-hydrogen) atoms. The monoisotopic (exact) mass is 461 g/mol. The number of hydrogen-bond donors (Lipinski definition) is 1. The van der Waals surface area contributed by atoms with E-state index in [1.807, 2.05) is 23.6 Å². The summed E-state index contributed by atoms with van der Waals surface area (Å²) in [6.45, 7) is 4.32. The fourth-order valence-electron chi connectivity index (χ4n) is 2.98. The molecule has 1 aromatic heterocycles. The number of nitriles is 1. The summed E-state index contributed by atoms with van der Waals surface area (Å²) in [5, 5.41) is 14.3. The summed E-state index contributed by atoms with van der Waals surface area (Å²) in [6.07, 6.45) is -2.36. The molecule has 0 atom stereocenters. The largest absolute Gasteiger partial charge is 0.418 e. The molecule has 3 nitrogen and oxygen atoms in total. The van der Waals surface area contributed by atoms with Gasteiger partial charge >= 0.3 is 6.18 Å². The fourth-order valence-corrected chi connectivity index (χ4v) is 3.95. The van der Waals surface area contributed by atoms with Crippen molar-refractivity contribution in [3.05, 3.63) is 75.2 Å². The summed E-state index contributed by atoms with van der Waals surface area (Å²) < 4.78 is 39.8. The van der Waals surface area contributed by atoms with Crippen LogP contribution in [-0.2, 0) is 12.6 Å². The summed E-state index contributed by atoms with van der Waals surface area (Å²) in [5.74, 6) is 0.561. The average Bonchev–Trinajstić information content (AvgIpc) is 3.19. The minimum Gasteiger partial charge on any atom is -0.360 e. The van der Waals surface area contributed by atoms with Gasteiger partial charge in [-0.05, 0) is 36.1 Å². The molecule has 3 rings (SSSR count). The average molecular weight is 462 g/mol. The summed E-state index contributed by atoms with van der Waals surface area (Å²) in [7, 11) is 0. The van der Waals surface area contributed by atoms with Crippen molar-refractivity contribution in [3.63, 3.8) is 0 Å². The number of nitrogens with zero attached hydrogens (tertiary/aromatic N) is 2. The smallest absolute Gasteiger partial charge is 0.360 e. The van der Waals surface area contributed by atoms with Crippen molar-refractivity contribution in [1.29, 1.82) is 5.26 Å². The molecule has 0 fully saturated rings. The summed E-state index contributed by atoms with van der Waals surface area (Å²) in [6, 6.07) is 13.5. The van der Waals surface area contributed by atoms with Crippen LogP contribution >= 0.6 is 22.9 Å². The van der Waals surface area contributed by atoms with Crippen LogP contribution in [0.15, 0.2) is 54.0 Å². The van der Waals surface area contributed by atoms with E-state index in [4.69, 9.17) is 11.6 Å². The van der Waals surface area contributed by atoms with Crippen LogP contribution in [0.1, 0.15) is 30.0 Å². The Morgan fingerprint density at radius 3 is 2.55 bits per heavy atom. The SMILES string of the molecule is CC(C)Cc1ccc(-c2csc(/C(C#N)=C/Nc3ccc(Cl)cc3C(F)(F)F)n2)cc1. The predicted octanol–water partition coefficient (Wildman–Crippen LogP) is 7.66. The van der Waals surface area contributed by atoms with E-state index in [1.54, 1.807) is 0 Å². The van der Waals surface area contributed by atoms with E-state index in [-0.39, 0.29) is 16.3 Å². The lowest BCUT2D eigenvalue weighted by Crippen LogP contribution is -2.08. The van der Waals surface area contributed by atoms with Gasteiger partial charge in [0.25, 0.3) is 0 Å². The number of allylic oxidation sites excluding steroid dienone is 1. The molecule has 1 heterocycles. The van der Waals surface area contributed by atoms with E-state index in [1.165, 1.54) is 35.2 Å². The Hall–Kier alpha value is -2.82. The minimum absolute atomic E-state index is 0.0219. The van der Waals surface area contributed by atoms with Gasteiger partial charge in [0.05, 0.1) is 16.9 Å². The third-order valence-electron chi connectivity index (χ3n) is 4.41. The first-order valence-corrected chi connectivity index (χ1v) is 10.7. The molecule has 2 aromatic carbocycles. The molecule has 0 amide bonds. The number of alkyl halides is 3. The van der Waals surface area contributed by atoms with E-state index in [0.29, 0.717) is 16.6 Å². The first-order valence-electron chi connectivity index (χ1n) is 9.46. The molecular weight excluding hydrogens is 443 g/mol. The number of benzene rings is 2. The van der Waals surface area contributed by atoms with Crippen LogP contribution in [0.4, 0.5) is 18.9 Å². The van der Waals surface area contributed by atoms with Gasteiger partial charge < -0.3 is 5.32 Å². The third kappa shape index (κ3) is 5.87. The summed E-state index contributed by atoms with van der Waals surface area (Å²) in [5.41, 5.74) is 1.89. The van der Waals surface area contributed by atoms with E-state index in [9.17, 15) is 18.4 Å². The Morgan fingerprint density at radius 1 is 1.23 bits per heavy atom. The number of anilines is 1. The Balaban J connectivity index is 1.83. The van der Waals surface area contributed by atoms with Gasteiger partial charge in [-0.2, -0.15) is 18.4 Å². The van der Waals surface area contributed by atoms with E-state index < -0.39 is 11.7 Å². The number of aromatic nitrogens is 1. The maximum Gasteiger partial charge on any atom is 0.418 e. The highest BCUT2D eigenvalue weighted by molar-refractivity contribution is 7.11. The van der Waals surface area contributed by atoms with Crippen LogP contribution in [-0.4, -0.2) is 4.98 Å². The number of thiazole rings is 1. The molecule has 0 aliphatic carbocycles. The maximum absolute atomic E-state index is 13.3. The topological polar surface area (TPSA) is 48.7 Å². The van der Waals surface area contributed by atoms with Crippen molar-refractivity contribution in [2.45, 2.75) is 26.4 Å². The molecule has 8 heteroatoms. The number of halogens is 4. The first-order chi connectivity index (χ1) is 14.7. The van der Waals surface area contributed by atoms with Crippen LogP contribution in [0.5, 0.6) is 0 Å². The fraction of sp³-hybridized carbons (Fsp3) is 0.217. The molecule has 0 spiro atoms.